The average molecular weight is 323 g/mol. The van der Waals surface area contributed by atoms with Crippen LogP contribution in [0.2, 0.25) is 0 Å². The Kier molecular flexibility index (Phi) is 5.05. The van der Waals surface area contributed by atoms with E-state index >= 15 is 0 Å². The molecule has 0 unspecified atom stereocenters. The summed E-state index contributed by atoms with van der Waals surface area (Å²) in [5.41, 5.74) is 0.345. The van der Waals surface area contributed by atoms with Gasteiger partial charge in [-0.3, -0.25) is 14.9 Å². The van der Waals surface area contributed by atoms with E-state index in [0.29, 0.717) is 25.1 Å². The monoisotopic (exact) mass is 323 g/mol. The van der Waals surface area contributed by atoms with Crippen LogP contribution in [0.3, 0.4) is 0 Å². The molecule has 0 aliphatic carbocycles. The minimum absolute atomic E-state index is 0.138. The van der Waals surface area contributed by atoms with Crippen LogP contribution in [0.5, 0.6) is 5.75 Å². The van der Waals surface area contributed by atoms with Gasteiger partial charge in [0.05, 0.1) is 23.7 Å². The van der Waals surface area contributed by atoms with Crippen LogP contribution < -0.4 is 9.64 Å². The van der Waals surface area contributed by atoms with Gasteiger partial charge in [0.1, 0.15) is 11.4 Å². The maximum Gasteiger partial charge on any atom is 0.293 e. The number of β-amino-alcohol motifs (C(OH)–C–C–N with tert-alkyl or cyclic N) is 1. The predicted octanol–water partition coefficient (Wildman–Crippen LogP) is 1.27. The lowest BCUT2D eigenvalue weighted by molar-refractivity contribution is -0.384. The van der Waals surface area contributed by atoms with Crippen molar-refractivity contribution in [2.45, 2.75) is 18.9 Å². The fraction of sp³-hybridized carbons (Fsp3) is 0.533. The standard InChI is InChI=1S/C15H21N3O5/c1-16(2)12-8-14(23-3)11(7-13(12)18(21)22)15(20)17-6-4-5-10(19)9-17/h7-8,10,19H,4-6,9H2,1-3H3/t10-/m1/s1. The van der Waals surface area contributed by atoms with Crippen molar-refractivity contribution in [3.8, 4) is 5.75 Å². The molecule has 0 saturated carbocycles. The quantitative estimate of drug-likeness (QED) is 0.662. The number of aliphatic hydroxyl groups excluding tert-OH is 1. The number of nitro benzene ring substituents is 1. The van der Waals surface area contributed by atoms with E-state index < -0.39 is 11.0 Å². The highest BCUT2D eigenvalue weighted by Gasteiger charge is 2.29. The second-order valence-corrected chi connectivity index (χ2v) is 5.74. The molecule has 2 rings (SSSR count). The summed E-state index contributed by atoms with van der Waals surface area (Å²) in [5.74, 6) is -0.0848. The molecule has 1 aromatic rings. The smallest absolute Gasteiger partial charge is 0.293 e. The molecular weight excluding hydrogens is 302 g/mol. The second-order valence-electron chi connectivity index (χ2n) is 5.74. The van der Waals surface area contributed by atoms with Crippen LogP contribution in [0.15, 0.2) is 12.1 Å². The van der Waals surface area contributed by atoms with Crippen LogP contribution >= 0.6 is 0 Å². The number of aliphatic hydroxyl groups is 1. The summed E-state index contributed by atoms with van der Waals surface area (Å²) in [5, 5.41) is 21.0. The zero-order valence-electron chi connectivity index (χ0n) is 13.5. The molecule has 8 heteroatoms. The first-order valence-corrected chi connectivity index (χ1v) is 7.36. The van der Waals surface area contributed by atoms with Crippen LogP contribution in [0.25, 0.3) is 0 Å². The number of carbonyl (C=O) groups is 1. The number of benzene rings is 1. The van der Waals surface area contributed by atoms with Crippen LogP contribution in [0, 0.1) is 10.1 Å². The van der Waals surface area contributed by atoms with Gasteiger partial charge in [-0.15, -0.1) is 0 Å². The number of nitrogens with zero attached hydrogens (tertiary/aromatic N) is 3. The van der Waals surface area contributed by atoms with Gasteiger partial charge in [0, 0.05) is 39.3 Å². The van der Waals surface area contributed by atoms with Crippen LogP contribution in [0.4, 0.5) is 11.4 Å². The average Bonchev–Trinajstić information content (AvgIpc) is 2.52. The second kappa shape index (κ2) is 6.82. The lowest BCUT2D eigenvalue weighted by Gasteiger charge is -2.30. The minimum atomic E-state index is -0.560. The van der Waals surface area contributed by atoms with Gasteiger partial charge in [-0.25, -0.2) is 0 Å². The molecule has 1 saturated heterocycles. The molecule has 0 bridgehead atoms. The van der Waals surface area contributed by atoms with E-state index in [1.54, 1.807) is 19.0 Å². The first kappa shape index (κ1) is 17.0. The van der Waals surface area contributed by atoms with Gasteiger partial charge >= 0.3 is 0 Å². The van der Waals surface area contributed by atoms with Crippen LogP contribution in [-0.2, 0) is 0 Å². The first-order valence-electron chi connectivity index (χ1n) is 7.36. The van der Waals surface area contributed by atoms with Crippen LogP contribution in [-0.4, -0.2) is 61.2 Å². The molecule has 1 aliphatic rings. The van der Waals surface area contributed by atoms with E-state index in [4.69, 9.17) is 4.74 Å². The molecule has 0 spiro atoms. The lowest BCUT2D eigenvalue weighted by Crippen LogP contribution is -2.42. The van der Waals surface area contributed by atoms with Crippen molar-refractivity contribution in [1.29, 1.82) is 0 Å². The summed E-state index contributed by atoms with van der Waals surface area (Å²) in [4.78, 5) is 26.6. The van der Waals surface area contributed by atoms with E-state index in [0.717, 1.165) is 0 Å². The number of hydrogen-bond acceptors (Lipinski definition) is 6. The van der Waals surface area contributed by atoms with Crippen molar-refractivity contribution in [3.05, 3.63) is 27.8 Å². The molecule has 1 amide bonds. The van der Waals surface area contributed by atoms with Gasteiger partial charge in [0.2, 0.25) is 0 Å². The molecule has 8 nitrogen and oxygen atoms in total. The number of hydrogen-bond donors (Lipinski definition) is 1. The maximum atomic E-state index is 12.7. The van der Waals surface area contributed by atoms with E-state index in [2.05, 4.69) is 0 Å². The molecule has 23 heavy (non-hydrogen) atoms. The van der Waals surface area contributed by atoms with Gasteiger partial charge in [0.25, 0.3) is 11.6 Å². The SMILES string of the molecule is COc1cc(N(C)C)c([N+](=O)[O-])cc1C(=O)N1CCC[C@@H](O)C1. The Labute approximate surface area is 134 Å². The number of carbonyl (C=O) groups excluding carboxylic acids is 1. The summed E-state index contributed by atoms with van der Waals surface area (Å²) in [6.45, 7) is 0.744. The summed E-state index contributed by atoms with van der Waals surface area (Å²) >= 11 is 0. The topological polar surface area (TPSA) is 96.2 Å². The Bertz CT molecular complexity index is 617. The van der Waals surface area contributed by atoms with Crippen molar-refractivity contribution >= 4 is 17.3 Å². The van der Waals surface area contributed by atoms with Crippen molar-refractivity contribution in [3.63, 3.8) is 0 Å². The van der Waals surface area contributed by atoms with Gasteiger partial charge in [-0.05, 0) is 12.8 Å². The van der Waals surface area contributed by atoms with Crippen molar-refractivity contribution in [2.75, 3.05) is 39.2 Å². The summed E-state index contributed by atoms with van der Waals surface area (Å²) in [6.07, 6.45) is 0.794. The van der Waals surface area contributed by atoms with Gasteiger partial charge in [-0.2, -0.15) is 0 Å². The molecule has 0 radical (unpaired) electrons. The third-order valence-electron chi connectivity index (χ3n) is 3.89. The summed E-state index contributed by atoms with van der Waals surface area (Å²) in [7, 11) is 4.79. The number of piperidine rings is 1. The van der Waals surface area contributed by atoms with Crippen molar-refractivity contribution in [2.24, 2.45) is 0 Å². The molecule has 126 valence electrons. The highest BCUT2D eigenvalue weighted by Crippen LogP contribution is 2.35. The largest absolute Gasteiger partial charge is 0.496 e. The van der Waals surface area contributed by atoms with Crippen molar-refractivity contribution in [1.82, 2.24) is 4.90 Å². The fourth-order valence-electron chi connectivity index (χ4n) is 2.71. The van der Waals surface area contributed by atoms with Crippen LogP contribution in [0.1, 0.15) is 23.2 Å². The zero-order chi connectivity index (χ0) is 17.1. The molecule has 1 heterocycles. The third kappa shape index (κ3) is 3.53. The number of rotatable bonds is 4. The van der Waals surface area contributed by atoms with E-state index in [-0.39, 0.29) is 29.5 Å². The van der Waals surface area contributed by atoms with E-state index in [1.807, 2.05) is 0 Å². The van der Waals surface area contributed by atoms with Gasteiger partial charge < -0.3 is 19.6 Å². The molecule has 0 aromatic heterocycles. The Morgan fingerprint density at radius 1 is 1.48 bits per heavy atom. The molecule has 1 aromatic carbocycles. The zero-order valence-corrected chi connectivity index (χ0v) is 13.5. The lowest BCUT2D eigenvalue weighted by atomic mass is 10.1. The number of amides is 1. The highest BCUT2D eigenvalue weighted by atomic mass is 16.6. The van der Waals surface area contributed by atoms with E-state index in [1.165, 1.54) is 24.1 Å². The Morgan fingerprint density at radius 2 is 2.17 bits per heavy atom. The minimum Gasteiger partial charge on any atom is -0.496 e. The number of nitro groups is 1. The highest BCUT2D eigenvalue weighted by molar-refractivity contribution is 5.99. The molecular formula is C15H21N3O5. The Balaban J connectivity index is 2.46. The first-order chi connectivity index (χ1) is 10.8. The molecule has 1 aliphatic heterocycles. The summed E-state index contributed by atoms with van der Waals surface area (Å²) in [6, 6.07) is 2.74. The maximum absolute atomic E-state index is 12.7. The number of likely N-dealkylation sites (tertiary alicyclic amines) is 1. The summed E-state index contributed by atoms with van der Waals surface area (Å²) < 4.78 is 5.25. The molecule has 1 atom stereocenters. The number of methoxy groups -OCH3 is 1. The number of ether oxygens (including phenoxy) is 1. The van der Waals surface area contributed by atoms with Gasteiger partial charge in [-0.1, -0.05) is 0 Å². The van der Waals surface area contributed by atoms with Gasteiger partial charge in [0.15, 0.2) is 0 Å². The Hall–Kier alpha value is -2.35. The normalized spacial score (nSPS) is 17.7. The third-order valence-corrected chi connectivity index (χ3v) is 3.89. The number of anilines is 1. The molecule has 1 N–H and O–H groups in total. The fourth-order valence-corrected chi connectivity index (χ4v) is 2.71. The molecule has 1 fully saturated rings. The Morgan fingerprint density at radius 3 is 2.70 bits per heavy atom. The van der Waals surface area contributed by atoms with Crippen molar-refractivity contribution < 1.29 is 19.6 Å². The predicted molar refractivity (Wildman–Crippen MR) is 85.1 cm³/mol. The van der Waals surface area contributed by atoms with E-state index in [9.17, 15) is 20.0 Å².